The van der Waals surface area contributed by atoms with Gasteiger partial charge in [0, 0.05) is 18.1 Å². The number of nitriles is 1. The van der Waals surface area contributed by atoms with Gasteiger partial charge >= 0.3 is 0 Å². The normalized spacial score (nSPS) is 37.4. The van der Waals surface area contributed by atoms with Crippen LogP contribution in [0.15, 0.2) is 0 Å². The maximum absolute atomic E-state index is 9.05. The Hall–Kier alpha value is -0.750. The van der Waals surface area contributed by atoms with Crippen molar-refractivity contribution in [1.29, 1.82) is 5.26 Å². The lowest BCUT2D eigenvalue weighted by Crippen LogP contribution is -2.59. The van der Waals surface area contributed by atoms with Crippen LogP contribution in [0.3, 0.4) is 0 Å². The number of fused-ring (bicyclic) bond motifs is 2. The van der Waals surface area contributed by atoms with Gasteiger partial charge in [-0.1, -0.05) is 0 Å². The molecule has 1 aliphatic carbocycles. The Kier molecular flexibility index (Phi) is 3.23. The molecule has 2 bridgehead atoms. The minimum atomic E-state index is 0.599. The van der Waals surface area contributed by atoms with Crippen LogP contribution >= 0.6 is 0 Å². The number of likely N-dealkylation sites (tertiary alicyclic amines) is 1. The molecule has 2 atom stereocenters. The molecule has 2 unspecified atom stereocenters. The average Bonchev–Trinajstić information content (AvgIpc) is 2.39. The van der Waals surface area contributed by atoms with E-state index in [0.717, 1.165) is 11.8 Å². The maximum atomic E-state index is 9.05. The molecule has 4 fully saturated rings. The Balaban J connectivity index is 1.52. The topological polar surface area (TPSA) is 30.3 Å². The number of piperidine rings is 2. The number of hydrogen-bond acceptors (Lipinski definition) is 3. The minimum absolute atomic E-state index is 0.599. The summed E-state index contributed by atoms with van der Waals surface area (Å²) in [6, 6.07) is 1.91. The van der Waals surface area contributed by atoms with E-state index in [1.54, 1.807) is 0 Å². The SMILES string of the molecule is CC(C)N1CCC(C2CC3CC(C2)N3C#N)CC1. The summed E-state index contributed by atoms with van der Waals surface area (Å²) >= 11 is 0. The number of nitrogens with zero attached hydrogens (tertiary/aromatic N) is 3. The Morgan fingerprint density at radius 1 is 1.00 bits per heavy atom. The second-order valence-corrected chi connectivity index (χ2v) is 6.75. The van der Waals surface area contributed by atoms with Gasteiger partial charge in [0.2, 0.25) is 0 Å². The fourth-order valence-corrected chi connectivity index (χ4v) is 4.37. The molecule has 3 heterocycles. The molecule has 0 aromatic carbocycles. The smallest absolute Gasteiger partial charge is 0.179 e. The van der Waals surface area contributed by atoms with Gasteiger partial charge in [-0.05, 0) is 70.9 Å². The van der Waals surface area contributed by atoms with E-state index in [1.165, 1.54) is 45.2 Å². The van der Waals surface area contributed by atoms with E-state index < -0.39 is 0 Å². The van der Waals surface area contributed by atoms with Crippen molar-refractivity contribution in [3.63, 3.8) is 0 Å². The first-order chi connectivity index (χ1) is 8.69. The molecule has 1 saturated carbocycles. The monoisotopic (exact) mass is 247 g/mol. The molecule has 0 spiro atoms. The Labute approximate surface area is 111 Å². The van der Waals surface area contributed by atoms with Crippen LogP contribution in [-0.2, 0) is 0 Å². The molecular formula is C15H25N3. The standard InChI is InChI=1S/C15H25N3/c1-11(2)17-5-3-12(4-6-17)13-7-14-9-15(8-13)18(14)10-16/h11-15H,3-9H2,1-2H3. The molecule has 3 aliphatic heterocycles. The zero-order chi connectivity index (χ0) is 12.7. The average molecular weight is 247 g/mol. The molecule has 18 heavy (non-hydrogen) atoms. The molecule has 4 aliphatic rings. The van der Waals surface area contributed by atoms with Crippen LogP contribution in [0.1, 0.15) is 46.0 Å². The van der Waals surface area contributed by atoms with Gasteiger partial charge in [-0.3, -0.25) is 0 Å². The summed E-state index contributed by atoms with van der Waals surface area (Å²) in [5.74, 6) is 1.85. The fourth-order valence-electron chi connectivity index (χ4n) is 4.37. The first kappa shape index (κ1) is 12.3. The van der Waals surface area contributed by atoms with Gasteiger partial charge < -0.3 is 9.80 Å². The molecule has 4 rings (SSSR count). The third-order valence-corrected chi connectivity index (χ3v) is 5.57. The highest BCUT2D eigenvalue weighted by atomic mass is 15.2. The molecule has 3 saturated heterocycles. The van der Waals surface area contributed by atoms with Gasteiger partial charge in [0.15, 0.2) is 6.19 Å². The molecule has 0 aromatic rings. The van der Waals surface area contributed by atoms with Crippen molar-refractivity contribution in [1.82, 2.24) is 9.80 Å². The zero-order valence-corrected chi connectivity index (χ0v) is 11.7. The zero-order valence-electron chi connectivity index (χ0n) is 11.7. The molecule has 3 nitrogen and oxygen atoms in total. The lowest BCUT2D eigenvalue weighted by Gasteiger charge is -2.54. The second kappa shape index (κ2) is 4.74. The summed E-state index contributed by atoms with van der Waals surface area (Å²) in [6.45, 7) is 7.19. The van der Waals surface area contributed by atoms with Gasteiger partial charge in [-0.2, -0.15) is 5.26 Å². The highest BCUT2D eigenvalue weighted by Gasteiger charge is 2.47. The van der Waals surface area contributed by atoms with Crippen molar-refractivity contribution >= 4 is 0 Å². The predicted molar refractivity (Wildman–Crippen MR) is 71.8 cm³/mol. The highest BCUT2D eigenvalue weighted by Crippen LogP contribution is 2.45. The van der Waals surface area contributed by atoms with E-state index in [1.807, 2.05) is 0 Å². The van der Waals surface area contributed by atoms with Crippen LogP contribution in [0.4, 0.5) is 0 Å². The van der Waals surface area contributed by atoms with Crippen molar-refractivity contribution in [2.45, 2.75) is 64.1 Å². The van der Waals surface area contributed by atoms with Crippen LogP contribution in [0, 0.1) is 23.3 Å². The largest absolute Gasteiger partial charge is 0.304 e. The first-order valence-electron chi connectivity index (χ1n) is 7.61. The summed E-state index contributed by atoms with van der Waals surface area (Å²) in [5, 5.41) is 9.05. The number of hydrogen-bond donors (Lipinski definition) is 0. The summed E-state index contributed by atoms with van der Waals surface area (Å²) in [4.78, 5) is 4.67. The second-order valence-electron chi connectivity index (χ2n) is 6.75. The number of rotatable bonds is 2. The van der Waals surface area contributed by atoms with Crippen molar-refractivity contribution in [3.8, 4) is 6.19 Å². The molecule has 0 N–H and O–H groups in total. The van der Waals surface area contributed by atoms with Crippen LogP contribution in [0.2, 0.25) is 0 Å². The van der Waals surface area contributed by atoms with Crippen LogP contribution in [0.5, 0.6) is 0 Å². The highest BCUT2D eigenvalue weighted by molar-refractivity contribution is 5.06. The lowest BCUT2D eigenvalue weighted by atomic mass is 9.67. The van der Waals surface area contributed by atoms with E-state index in [-0.39, 0.29) is 0 Å². The van der Waals surface area contributed by atoms with Crippen LogP contribution in [0.25, 0.3) is 0 Å². The maximum Gasteiger partial charge on any atom is 0.179 e. The third kappa shape index (κ3) is 2.01. The summed E-state index contributed by atoms with van der Waals surface area (Å²) in [5.41, 5.74) is 0. The van der Waals surface area contributed by atoms with Crippen LogP contribution < -0.4 is 0 Å². The molecule has 0 aromatic heterocycles. The van der Waals surface area contributed by atoms with Gasteiger partial charge in [-0.25, -0.2) is 0 Å². The Morgan fingerprint density at radius 2 is 1.61 bits per heavy atom. The van der Waals surface area contributed by atoms with Gasteiger partial charge in [0.05, 0.1) is 0 Å². The fraction of sp³-hybridized carbons (Fsp3) is 0.933. The van der Waals surface area contributed by atoms with Crippen LogP contribution in [-0.4, -0.2) is 41.0 Å². The molecule has 100 valence electrons. The third-order valence-electron chi connectivity index (χ3n) is 5.57. The van der Waals surface area contributed by atoms with Gasteiger partial charge in [-0.15, -0.1) is 0 Å². The van der Waals surface area contributed by atoms with E-state index in [9.17, 15) is 0 Å². The van der Waals surface area contributed by atoms with Gasteiger partial charge in [0.1, 0.15) is 0 Å². The van der Waals surface area contributed by atoms with Gasteiger partial charge in [0.25, 0.3) is 0 Å². The van der Waals surface area contributed by atoms with E-state index in [2.05, 4.69) is 29.8 Å². The van der Waals surface area contributed by atoms with E-state index in [0.29, 0.717) is 18.1 Å². The van der Waals surface area contributed by atoms with Crippen molar-refractivity contribution < 1.29 is 0 Å². The molecular weight excluding hydrogens is 222 g/mol. The molecule has 3 heteroatoms. The summed E-state index contributed by atoms with van der Waals surface area (Å²) in [6.07, 6.45) is 9.00. The molecule has 0 amide bonds. The quantitative estimate of drug-likeness (QED) is 0.702. The van der Waals surface area contributed by atoms with E-state index >= 15 is 0 Å². The predicted octanol–water partition coefficient (Wildman–Crippen LogP) is 2.44. The molecule has 0 radical (unpaired) electrons. The van der Waals surface area contributed by atoms with Crippen molar-refractivity contribution in [2.24, 2.45) is 11.8 Å². The minimum Gasteiger partial charge on any atom is -0.304 e. The summed E-state index contributed by atoms with van der Waals surface area (Å²) < 4.78 is 0. The Morgan fingerprint density at radius 3 is 2.11 bits per heavy atom. The van der Waals surface area contributed by atoms with Crippen molar-refractivity contribution in [2.75, 3.05) is 13.1 Å². The van der Waals surface area contributed by atoms with Crippen molar-refractivity contribution in [3.05, 3.63) is 0 Å². The first-order valence-corrected chi connectivity index (χ1v) is 7.61. The summed E-state index contributed by atoms with van der Waals surface area (Å²) in [7, 11) is 0. The lowest BCUT2D eigenvalue weighted by molar-refractivity contribution is -0.0313. The van der Waals surface area contributed by atoms with E-state index in [4.69, 9.17) is 5.26 Å². The Bertz CT molecular complexity index is 326.